The van der Waals surface area contributed by atoms with Gasteiger partial charge in [0.2, 0.25) is 0 Å². The third kappa shape index (κ3) is 5.51. The SMILES string of the molecule is CCCC(C)CCNC(=O)c1cnc(Nc2ccc(P)c(F)c2)cc1C1CC1. The number of halogens is 1. The Balaban J connectivity index is 1.69. The maximum absolute atomic E-state index is 13.8. The number of rotatable bonds is 9. The molecule has 1 aromatic carbocycles. The van der Waals surface area contributed by atoms with E-state index >= 15 is 0 Å². The summed E-state index contributed by atoms with van der Waals surface area (Å²) in [4.78, 5) is 17.1. The number of benzene rings is 1. The van der Waals surface area contributed by atoms with Crippen molar-refractivity contribution in [3.63, 3.8) is 0 Å². The molecule has 1 saturated carbocycles. The van der Waals surface area contributed by atoms with Gasteiger partial charge in [-0.15, -0.1) is 9.24 Å². The summed E-state index contributed by atoms with van der Waals surface area (Å²) in [5.74, 6) is 1.32. The summed E-state index contributed by atoms with van der Waals surface area (Å²) in [6.07, 6.45) is 7.16. The maximum Gasteiger partial charge on any atom is 0.253 e. The van der Waals surface area contributed by atoms with E-state index in [9.17, 15) is 9.18 Å². The van der Waals surface area contributed by atoms with Crippen molar-refractivity contribution in [1.82, 2.24) is 10.3 Å². The summed E-state index contributed by atoms with van der Waals surface area (Å²) in [5.41, 5.74) is 2.32. The number of hydrogen-bond acceptors (Lipinski definition) is 3. The summed E-state index contributed by atoms with van der Waals surface area (Å²) in [7, 11) is 2.37. The molecule has 2 N–H and O–H groups in total. The second kappa shape index (κ2) is 9.47. The average Bonchev–Trinajstić information content (AvgIpc) is 3.50. The number of carbonyl (C=O) groups excluding carboxylic acids is 1. The molecule has 3 rings (SSSR count). The second-order valence-electron chi connectivity index (χ2n) is 7.73. The van der Waals surface area contributed by atoms with E-state index in [2.05, 4.69) is 38.7 Å². The number of aromatic nitrogens is 1. The van der Waals surface area contributed by atoms with Crippen molar-refractivity contribution in [2.24, 2.45) is 5.92 Å². The Morgan fingerprint density at radius 3 is 2.79 bits per heavy atom. The molecule has 2 atom stereocenters. The van der Waals surface area contributed by atoms with E-state index in [1.807, 2.05) is 12.1 Å². The van der Waals surface area contributed by atoms with Gasteiger partial charge in [-0.25, -0.2) is 9.37 Å². The van der Waals surface area contributed by atoms with Crippen LogP contribution >= 0.6 is 9.24 Å². The number of amides is 1. The first-order valence-electron chi connectivity index (χ1n) is 10.1. The fraction of sp³-hybridized carbons (Fsp3) is 0.455. The average molecular weight is 401 g/mol. The van der Waals surface area contributed by atoms with E-state index in [4.69, 9.17) is 0 Å². The molecule has 150 valence electrons. The molecule has 0 bridgehead atoms. The molecule has 1 aliphatic carbocycles. The molecule has 6 heteroatoms. The minimum Gasteiger partial charge on any atom is -0.352 e. The standard InChI is InChI=1S/C22H29FN3OP/c1-3-4-14(2)9-10-24-22(27)18-13-25-21(12-17(18)15-5-6-15)26-16-7-8-20(28)19(23)11-16/h7-8,11-15H,3-6,9-10,28H2,1-2H3,(H,24,27)(H,25,26). The molecule has 4 nitrogen and oxygen atoms in total. The number of nitrogens with zero attached hydrogens (tertiary/aromatic N) is 1. The summed E-state index contributed by atoms with van der Waals surface area (Å²) in [6, 6.07) is 6.88. The highest BCUT2D eigenvalue weighted by Crippen LogP contribution is 2.42. The van der Waals surface area contributed by atoms with Crippen LogP contribution in [0.1, 0.15) is 67.8 Å². The molecule has 28 heavy (non-hydrogen) atoms. The van der Waals surface area contributed by atoms with Crippen molar-refractivity contribution < 1.29 is 9.18 Å². The highest BCUT2D eigenvalue weighted by molar-refractivity contribution is 7.27. The predicted octanol–water partition coefficient (Wildman–Crippen LogP) is 4.90. The highest BCUT2D eigenvalue weighted by Gasteiger charge is 2.28. The van der Waals surface area contributed by atoms with Crippen LogP contribution in [-0.2, 0) is 0 Å². The van der Waals surface area contributed by atoms with Gasteiger partial charge < -0.3 is 10.6 Å². The summed E-state index contributed by atoms with van der Waals surface area (Å²) < 4.78 is 13.8. The van der Waals surface area contributed by atoms with Crippen LogP contribution in [0.25, 0.3) is 0 Å². The lowest BCUT2D eigenvalue weighted by atomic mass is 10.0. The Kier molecular flexibility index (Phi) is 7.01. The van der Waals surface area contributed by atoms with E-state index in [-0.39, 0.29) is 11.7 Å². The van der Waals surface area contributed by atoms with Gasteiger partial charge in [-0.1, -0.05) is 32.8 Å². The van der Waals surface area contributed by atoms with E-state index in [0.717, 1.165) is 24.8 Å². The Labute approximate surface area is 168 Å². The van der Waals surface area contributed by atoms with E-state index < -0.39 is 0 Å². The molecule has 2 unspecified atom stereocenters. The number of nitrogens with one attached hydrogen (secondary N) is 2. The monoisotopic (exact) mass is 401 g/mol. The Morgan fingerprint density at radius 2 is 2.11 bits per heavy atom. The molecule has 2 aromatic rings. The van der Waals surface area contributed by atoms with Crippen molar-refractivity contribution in [2.75, 3.05) is 11.9 Å². The maximum atomic E-state index is 13.8. The molecular weight excluding hydrogens is 372 g/mol. The Morgan fingerprint density at radius 1 is 1.32 bits per heavy atom. The van der Waals surface area contributed by atoms with Crippen molar-refractivity contribution in [1.29, 1.82) is 0 Å². The molecule has 0 radical (unpaired) electrons. The van der Waals surface area contributed by atoms with Gasteiger partial charge in [0.15, 0.2) is 0 Å². The normalized spacial score (nSPS) is 14.6. The molecule has 1 aliphatic rings. The van der Waals surface area contributed by atoms with E-state index in [1.54, 1.807) is 12.3 Å². The smallest absolute Gasteiger partial charge is 0.253 e. The number of carbonyl (C=O) groups is 1. The number of anilines is 2. The fourth-order valence-corrected chi connectivity index (χ4v) is 3.56. The van der Waals surface area contributed by atoms with Crippen molar-refractivity contribution in [2.45, 2.75) is 51.9 Å². The molecule has 0 saturated heterocycles. The first kappa shape index (κ1) is 20.7. The van der Waals surface area contributed by atoms with Crippen LogP contribution in [0, 0.1) is 11.7 Å². The van der Waals surface area contributed by atoms with Crippen LogP contribution in [0.2, 0.25) is 0 Å². The number of hydrogen-bond donors (Lipinski definition) is 2. The minimum atomic E-state index is -0.286. The Bertz CT molecular complexity index is 839. The van der Waals surface area contributed by atoms with Gasteiger partial charge in [0.05, 0.1) is 5.56 Å². The summed E-state index contributed by atoms with van der Waals surface area (Å²) in [5, 5.41) is 6.71. The second-order valence-corrected chi connectivity index (χ2v) is 8.35. The van der Waals surface area contributed by atoms with Gasteiger partial charge in [0.1, 0.15) is 11.6 Å². The van der Waals surface area contributed by atoms with Gasteiger partial charge in [0.25, 0.3) is 5.91 Å². The zero-order valence-electron chi connectivity index (χ0n) is 16.6. The largest absolute Gasteiger partial charge is 0.352 e. The quantitative estimate of drug-likeness (QED) is 0.588. The van der Waals surface area contributed by atoms with Crippen molar-refractivity contribution in [3.05, 3.63) is 47.4 Å². The minimum absolute atomic E-state index is 0.0527. The van der Waals surface area contributed by atoms with E-state index in [1.165, 1.54) is 18.9 Å². The van der Waals surface area contributed by atoms with Gasteiger partial charge in [-0.2, -0.15) is 0 Å². The third-order valence-corrected chi connectivity index (χ3v) is 5.64. The molecule has 1 fully saturated rings. The lowest BCUT2D eigenvalue weighted by Gasteiger charge is -2.14. The zero-order chi connectivity index (χ0) is 20.1. The van der Waals surface area contributed by atoms with Crippen LogP contribution in [0.4, 0.5) is 15.9 Å². The Hall–Kier alpha value is -2.00. The van der Waals surface area contributed by atoms with Crippen molar-refractivity contribution in [3.8, 4) is 0 Å². The molecule has 1 aromatic heterocycles. The molecule has 1 heterocycles. The molecular formula is C22H29FN3OP. The molecule has 1 amide bonds. The van der Waals surface area contributed by atoms with Gasteiger partial charge in [-0.05, 0) is 54.9 Å². The van der Waals surface area contributed by atoms with Crippen LogP contribution in [-0.4, -0.2) is 17.4 Å². The predicted molar refractivity (Wildman–Crippen MR) is 116 cm³/mol. The molecule has 0 aliphatic heterocycles. The van der Waals surface area contributed by atoms with Gasteiger partial charge >= 0.3 is 0 Å². The summed E-state index contributed by atoms with van der Waals surface area (Å²) >= 11 is 0. The first-order valence-corrected chi connectivity index (χ1v) is 10.7. The third-order valence-electron chi connectivity index (χ3n) is 5.17. The lowest BCUT2D eigenvalue weighted by Crippen LogP contribution is -2.26. The summed E-state index contributed by atoms with van der Waals surface area (Å²) in [6.45, 7) is 5.09. The van der Waals surface area contributed by atoms with Crippen LogP contribution in [0.15, 0.2) is 30.5 Å². The van der Waals surface area contributed by atoms with Gasteiger partial charge in [-0.3, -0.25) is 4.79 Å². The van der Waals surface area contributed by atoms with Crippen LogP contribution in [0.5, 0.6) is 0 Å². The molecule has 0 spiro atoms. The topological polar surface area (TPSA) is 54.0 Å². The van der Waals surface area contributed by atoms with Gasteiger partial charge in [0, 0.05) is 23.7 Å². The van der Waals surface area contributed by atoms with Crippen LogP contribution in [0.3, 0.4) is 0 Å². The fourth-order valence-electron chi connectivity index (χ4n) is 3.38. The lowest BCUT2D eigenvalue weighted by molar-refractivity contribution is 0.0950. The first-order chi connectivity index (χ1) is 13.5. The van der Waals surface area contributed by atoms with Crippen LogP contribution < -0.4 is 15.9 Å². The van der Waals surface area contributed by atoms with E-state index in [0.29, 0.717) is 40.8 Å². The highest BCUT2D eigenvalue weighted by atomic mass is 31.0. The van der Waals surface area contributed by atoms with Crippen molar-refractivity contribution >= 4 is 32.0 Å². The zero-order valence-corrected chi connectivity index (χ0v) is 17.7. The number of pyridine rings is 1.